The highest BCUT2D eigenvalue weighted by atomic mass is 19.4. The number of alkyl halides is 3. The molecule has 8 heteroatoms. The van der Waals surface area contributed by atoms with Crippen LogP contribution < -0.4 is 10.6 Å². The van der Waals surface area contributed by atoms with Crippen LogP contribution in [0.15, 0.2) is 54.7 Å². The van der Waals surface area contributed by atoms with E-state index in [0.29, 0.717) is 0 Å². The van der Waals surface area contributed by atoms with Crippen LogP contribution >= 0.6 is 0 Å². The molecule has 2 N–H and O–H groups in total. The van der Waals surface area contributed by atoms with Crippen LogP contribution in [0.2, 0.25) is 0 Å². The van der Waals surface area contributed by atoms with Gasteiger partial charge in [0.05, 0.1) is 5.56 Å². The van der Waals surface area contributed by atoms with E-state index in [4.69, 9.17) is 0 Å². The number of carbonyl (C=O) groups excluding carboxylic acids is 1. The topological polar surface area (TPSA) is 66.9 Å². The van der Waals surface area contributed by atoms with Gasteiger partial charge in [-0.15, -0.1) is 0 Å². The lowest BCUT2D eigenvalue weighted by Gasteiger charge is -2.10. The van der Waals surface area contributed by atoms with E-state index >= 15 is 0 Å². The number of rotatable bonds is 4. The largest absolute Gasteiger partial charge is 0.416 e. The monoisotopic (exact) mass is 386 g/mol. The molecule has 1 aromatic heterocycles. The maximum atomic E-state index is 12.6. The first kappa shape index (κ1) is 19.3. The summed E-state index contributed by atoms with van der Waals surface area (Å²) in [6.07, 6.45) is -3.00. The van der Waals surface area contributed by atoms with Crippen molar-refractivity contribution in [1.82, 2.24) is 9.97 Å². The zero-order valence-corrected chi connectivity index (χ0v) is 15.1. The number of aromatic nitrogens is 2. The minimum atomic E-state index is -4.43. The minimum Gasteiger partial charge on any atom is -0.324 e. The van der Waals surface area contributed by atoms with Crippen LogP contribution in [0.25, 0.3) is 0 Å². The number of carbonyl (C=O) groups is 1. The van der Waals surface area contributed by atoms with E-state index in [2.05, 4.69) is 20.6 Å². The molecule has 3 aromatic rings. The Balaban J connectivity index is 1.72. The SMILES string of the molecule is Cc1ccc(Nc2nccc(C(=O)Nc3ccc(C(F)(F)F)cc3)n2)cc1C. The first-order valence-electron chi connectivity index (χ1n) is 8.38. The third-order valence-corrected chi connectivity index (χ3v) is 4.12. The molecule has 0 atom stereocenters. The number of halogens is 3. The van der Waals surface area contributed by atoms with Gasteiger partial charge in [0, 0.05) is 17.6 Å². The van der Waals surface area contributed by atoms with Crippen molar-refractivity contribution in [1.29, 1.82) is 0 Å². The second-order valence-corrected chi connectivity index (χ2v) is 6.22. The van der Waals surface area contributed by atoms with Gasteiger partial charge in [-0.2, -0.15) is 13.2 Å². The summed E-state index contributed by atoms with van der Waals surface area (Å²) in [7, 11) is 0. The highest BCUT2D eigenvalue weighted by molar-refractivity contribution is 6.03. The van der Waals surface area contributed by atoms with Gasteiger partial charge < -0.3 is 10.6 Å². The molecule has 0 saturated heterocycles. The normalized spacial score (nSPS) is 11.2. The maximum absolute atomic E-state index is 12.6. The van der Waals surface area contributed by atoms with Gasteiger partial charge in [-0.1, -0.05) is 6.07 Å². The molecule has 0 aliphatic rings. The van der Waals surface area contributed by atoms with Crippen LogP contribution in [0.3, 0.4) is 0 Å². The first-order chi connectivity index (χ1) is 13.2. The molecule has 0 aliphatic carbocycles. The number of nitrogens with zero attached hydrogens (tertiary/aromatic N) is 2. The van der Waals surface area contributed by atoms with Crippen molar-refractivity contribution in [3.63, 3.8) is 0 Å². The molecular formula is C20H17F3N4O. The molecule has 28 heavy (non-hydrogen) atoms. The summed E-state index contributed by atoms with van der Waals surface area (Å²) < 4.78 is 37.8. The standard InChI is InChI=1S/C20H17F3N4O/c1-12-3-6-16(11-13(12)2)26-19-24-10-9-17(27-19)18(28)25-15-7-4-14(5-8-15)20(21,22)23/h3-11H,1-2H3,(H,25,28)(H,24,26,27). The molecule has 0 bridgehead atoms. The summed E-state index contributed by atoms with van der Waals surface area (Å²) in [4.78, 5) is 20.6. The summed E-state index contributed by atoms with van der Waals surface area (Å²) in [6.45, 7) is 3.98. The Labute approximate surface area is 159 Å². The minimum absolute atomic E-state index is 0.0845. The quantitative estimate of drug-likeness (QED) is 0.654. The smallest absolute Gasteiger partial charge is 0.324 e. The molecule has 1 amide bonds. The fourth-order valence-electron chi connectivity index (χ4n) is 2.43. The molecule has 3 rings (SSSR count). The zero-order chi connectivity index (χ0) is 20.3. The molecule has 0 radical (unpaired) electrons. The third-order valence-electron chi connectivity index (χ3n) is 4.12. The summed E-state index contributed by atoms with van der Waals surface area (Å²) in [5.74, 6) is -0.311. The van der Waals surface area contributed by atoms with Crippen LogP contribution in [0.5, 0.6) is 0 Å². The molecule has 0 fully saturated rings. The molecular weight excluding hydrogens is 369 g/mol. The Hall–Kier alpha value is -3.42. The fraction of sp³-hybridized carbons (Fsp3) is 0.150. The summed E-state index contributed by atoms with van der Waals surface area (Å²) in [5, 5.41) is 5.55. The van der Waals surface area contributed by atoms with Gasteiger partial charge in [-0.05, 0) is 67.4 Å². The Morgan fingerprint density at radius 2 is 1.61 bits per heavy atom. The predicted molar refractivity (Wildman–Crippen MR) is 101 cm³/mol. The number of amides is 1. The second kappa shape index (κ2) is 7.67. The van der Waals surface area contributed by atoms with E-state index in [1.807, 2.05) is 32.0 Å². The molecule has 0 spiro atoms. The Morgan fingerprint density at radius 1 is 0.929 bits per heavy atom. The summed E-state index contributed by atoms with van der Waals surface area (Å²) in [5.41, 5.74) is 2.56. The molecule has 2 aromatic carbocycles. The second-order valence-electron chi connectivity index (χ2n) is 6.22. The van der Waals surface area contributed by atoms with Crippen molar-refractivity contribution in [2.45, 2.75) is 20.0 Å². The maximum Gasteiger partial charge on any atom is 0.416 e. The van der Waals surface area contributed by atoms with Crippen molar-refractivity contribution >= 4 is 23.2 Å². The van der Waals surface area contributed by atoms with Crippen LogP contribution in [-0.2, 0) is 6.18 Å². The Bertz CT molecular complexity index is 1000. The lowest BCUT2D eigenvalue weighted by atomic mass is 10.1. The van der Waals surface area contributed by atoms with Gasteiger partial charge in [0.25, 0.3) is 5.91 Å². The fourth-order valence-corrected chi connectivity index (χ4v) is 2.43. The predicted octanol–water partition coefficient (Wildman–Crippen LogP) is 5.11. The molecule has 144 valence electrons. The molecule has 1 heterocycles. The molecule has 0 unspecified atom stereocenters. The highest BCUT2D eigenvalue weighted by Crippen LogP contribution is 2.29. The third kappa shape index (κ3) is 4.64. The average Bonchev–Trinajstić information content (AvgIpc) is 2.65. The molecule has 0 saturated carbocycles. The van der Waals surface area contributed by atoms with Gasteiger partial charge >= 0.3 is 6.18 Å². The van der Waals surface area contributed by atoms with Crippen molar-refractivity contribution in [2.24, 2.45) is 0 Å². The number of anilines is 3. The van der Waals surface area contributed by atoms with Crippen molar-refractivity contribution in [2.75, 3.05) is 10.6 Å². The number of benzene rings is 2. The van der Waals surface area contributed by atoms with E-state index in [1.54, 1.807) is 0 Å². The summed E-state index contributed by atoms with van der Waals surface area (Å²) in [6, 6.07) is 11.4. The highest BCUT2D eigenvalue weighted by Gasteiger charge is 2.30. The number of hydrogen-bond acceptors (Lipinski definition) is 4. The van der Waals surface area contributed by atoms with Gasteiger partial charge in [-0.3, -0.25) is 4.79 Å². The summed E-state index contributed by atoms with van der Waals surface area (Å²) >= 11 is 0. The van der Waals surface area contributed by atoms with E-state index in [1.165, 1.54) is 24.4 Å². The zero-order valence-electron chi connectivity index (χ0n) is 15.1. The lowest BCUT2D eigenvalue weighted by Crippen LogP contribution is -2.15. The van der Waals surface area contributed by atoms with Crippen LogP contribution in [-0.4, -0.2) is 15.9 Å². The van der Waals surface area contributed by atoms with Crippen molar-refractivity contribution in [3.05, 3.63) is 77.1 Å². The lowest BCUT2D eigenvalue weighted by molar-refractivity contribution is -0.137. The van der Waals surface area contributed by atoms with Gasteiger partial charge in [0.2, 0.25) is 5.95 Å². The van der Waals surface area contributed by atoms with Crippen LogP contribution in [0, 0.1) is 13.8 Å². The number of nitrogens with one attached hydrogen (secondary N) is 2. The van der Waals surface area contributed by atoms with E-state index in [0.717, 1.165) is 28.9 Å². The van der Waals surface area contributed by atoms with Gasteiger partial charge in [-0.25, -0.2) is 9.97 Å². The Morgan fingerprint density at radius 3 is 2.25 bits per heavy atom. The van der Waals surface area contributed by atoms with Crippen molar-refractivity contribution < 1.29 is 18.0 Å². The van der Waals surface area contributed by atoms with E-state index < -0.39 is 17.6 Å². The number of hydrogen-bond donors (Lipinski definition) is 2. The van der Waals surface area contributed by atoms with Crippen LogP contribution in [0.1, 0.15) is 27.2 Å². The molecule has 5 nitrogen and oxygen atoms in total. The van der Waals surface area contributed by atoms with Gasteiger partial charge in [0.15, 0.2) is 0 Å². The number of aryl methyl sites for hydroxylation is 2. The average molecular weight is 386 g/mol. The van der Waals surface area contributed by atoms with E-state index in [-0.39, 0.29) is 17.3 Å². The van der Waals surface area contributed by atoms with Gasteiger partial charge in [0.1, 0.15) is 5.69 Å². The van der Waals surface area contributed by atoms with Crippen molar-refractivity contribution in [3.8, 4) is 0 Å². The Kier molecular flexibility index (Phi) is 5.30. The first-order valence-corrected chi connectivity index (χ1v) is 8.38. The molecule has 0 aliphatic heterocycles. The van der Waals surface area contributed by atoms with E-state index in [9.17, 15) is 18.0 Å². The van der Waals surface area contributed by atoms with Crippen LogP contribution in [0.4, 0.5) is 30.5 Å².